The van der Waals surface area contributed by atoms with Crippen molar-refractivity contribution in [1.29, 1.82) is 0 Å². The second-order valence-electron chi connectivity index (χ2n) is 6.98. The number of hydrogen-bond donors (Lipinski definition) is 0. The smallest absolute Gasteiger partial charge is 0.0252 e. The van der Waals surface area contributed by atoms with Crippen LogP contribution >= 0.6 is 0 Å². The molecule has 0 nitrogen and oxygen atoms in total. The predicted molar refractivity (Wildman–Crippen MR) is 69.0 cm³/mol. The summed E-state index contributed by atoms with van der Waals surface area (Å²) in [6.07, 6.45) is 7.16. The summed E-state index contributed by atoms with van der Waals surface area (Å²) in [5.41, 5.74) is 0.986. The van der Waals surface area contributed by atoms with Crippen LogP contribution < -0.4 is 0 Å². The van der Waals surface area contributed by atoms with Gasteiger partial charge in [0.2, 0.25) is 0 Å². The van der Waals surface area contributed by atoms with Crippen molar-refractivity contribution >= 4 is 0 Å². The zero-order valence-corrected chi connectivity index (χ0v) is 11.7. The Morgan fingerprint density at radius 2 is 1.40 bits per heavy atom. The highest BCUT2D eigenvalue weighted by atomic mass is 14.5. The molecule has 1 rings (SSSR count). The molecule has 0 bridgehead atoms. The van der Waals surface area contributed by atoms with Gasteiger partial charge in [0.25, 0.3) is 0 Å². The van der Waals surface area contributed by atoms with Gasteiger partial charge in [0, 0.05) is 0 Å². The Morgan fingerprint density at radius 3 is 1.73 bits per heavy atom. The summed E-state index contributed by atoms with van der Waals surface area (Å²) in [6, 6.07) is 0. The van der Waals surface area contributed by atoms with Gasteiger partial charge >= 0.3 is 0 Å². The number of hydrogen-bond acceptors (Lipinski definition) is 0. The third kappa shape index (κ3) is 2.57. The van der Waals surface area contributed by atoms with Crippen molar-refractivity contribution < 1.29 is 0 Å². The van der Waals surface area contributed by atoms with Gasteiger partial charge in [0.05, 0.1) is 0 Å². The van der Waals surface area contributed by atoms with E-state index in [1.54, 1.807) is 0 Å². The Morgan fingerprint density at radius 1 is 0.933 bits per heavy atom. The van der Waals surface area contributed by atoms with Gasteiger partial charge in [-0.2, -0.15) is 0 Å². The first kappa shape index (κ1) is 13.1. The predicted octanol–water partition coefficient (Wildman–Crippen LogP) is 5.28. The largest absolute Gasteiger partial charge is 0.0648 e. The van der Waals surface area contributed by atoms with Crippen LogP contribution in [-0.4, -0.2) is 0 Å². The van der Waals surface area contributed by atoms with Crippen molar-refractivity contribution in [3.63, 3.8) is 0 Å². The Balaban J connectivity index is 2.74. The Hall–Kier alpha value is 0. The van der Waals surface area contributed by atoms with Gasteiger partial charge < -0.3 is 0 Å². The van der Waals surface area contributed by atoms with Crippen LogP contribution in [0.25, 0.3) is 0 Å². The highest BCUT2D eigenvalue weighted by molar-refractivity contribution is 4.92. The summed E-state index contributed by atoms with van der Waals surface area (Å²) in [5.74, 6) is 1.93. The molecule has 1 aliphatic rings. The van der Waals surface area contributed by atoms with Gasteiger partial charge in [0.15, 0.2) is 0 Å². The van der Waals surface area contributed by atoms with Crippen LogP contribution in [0, 0.1) is 22.7 Å². The van der Waals surface area contributed by atoms with E-state index in [4.69, 9.17) is 0 Å². The molecular formula is C15H30. The molecule has 0 aromatic rings. The maximum Gasteiger partial charge on any atom is -0.0252 e. The van der Waals surface area contributed by atoms with Gasteiger partial charge in [-0.3, -0.25) is 0 Å². The molecular weight excluding hydrogens is 180 g/mol. The third-order valence-electron chi connectivity index (χ3n) is 5.36. The first-order valence-electron chi connectivity index (χ1n) is 6.81. The molecule has 90 valence electrons. The van der Waals surface area contributed by atoms with E-state index in [2.05, 4.69) is 41.5 Å². The maximum absolute atomic E-state index is 2.52. The lowest BCUT2D eigenvalue weighted by Gasteiger charge is -2.49. The zero-order valence-electron chi connectivity index (χ0n) is 11.7. The minimum atomic E-state index is 0.451. The summed E-state index contributed by atoms with van der Waals surface area (Å²) in [6.45, 7) is 14.6. The van der Waals surface area contributed by atoms with Crippen LogP contribution in [0.1, 0.15) is 73.6 Å². The van der Waals surface area contributed by atoms with Crippen molar-refractivity contribution in [2.75, 3.05) is 0 Å². The van der Waals surface area contributed by atoms with E-state index in [0.717, 1.165) is 11.8 Å². The fourth-order valence-electron chi connectivity index (χ4n) is 3.33. The topological polar surface area (TPSA) is 0 Å². The van der Waals surface area contributed by atoms with Gasteiger partial charge in [-0.1, -0.05) is 54.4 Å². The summed E-state index contributed by atoms with van der Waals surface area (Å²) in [5, 5.41) is 0. The first-order chi connectivity index (χ1) is 6.81. The standard InChI is InChI=1S/C15H30/c1-7-15(6,14(3,4)5)13-10-8-12(2)9-11-13/h12-13H,7-11H2,1-6H3. The van der Waals surface area contributed by atoms with E-state index >= 15 is 0 Å². The SMILES string of the molecule is CCC(C)(C1CCC(C)CC1)C(C)(C)C. The highest BCUT2D eigenvalue weighted by Gasteiger charge is 2.43. The van der Waals surface area contributed by atoms with Crippen LogP contribution in [0.3, 0.4) is 0 Å². The van der Waals surface area contributed by atoms with E-state index < -0.39 is 0 Å². The number of rotatable bonds is 2. The molecule has 1 aliphatic carbocycles. The van der Waals surface area contributed by atoms with Crippen LogP contribution in [0.5, 0.6) is 0 Å². The minimum absolute atomic E-state index is 0.451. The average molecular weight is 210 g/mol. The van der Waals surface area contributed by atoms with Crippen molar-refractivity contribution in [2.45, 2.75) is 73.6 Å². The monoisotopic (exact) mass is 210 g/mol. The van der Waals surface area contributed by atoms with E-state index in [0.29, 0.717) is 10.8 Å². The molecule has 0 aliphatic heterocycles. The van der Waals surface area contributed by atoms with Crippen LogP contribution in [0.2, 0.25) is 0 Å². The third-order valence-corrected chi connectivity index (χ3v) is 5.36. The van der Waals surface area contributed by atoms with E-state index in [-0.39, 0.29) is 0 Å². The molecule has 15 heavy (non-hydrogen) atoms. The summed E-state index contributed by atoms with van der Waals surface area (Å²) < 4.78 is 0. The zero-order chi connectivity index (χ0) is 11.7. The second-order valence-corrected chi connectivity index (χ2v) is 6.98. The molecule has 1 atom stereocenters. The summed E-state index contributed by atoms with van der Waals surface area (Å²) in [4.78, 5) is 0. The van der Waals surface area contributed by atoms with Crippen LogP contribution in [0.15, 0.2) is 0 Å². The maximum atomic E-state index is 2.52. The molecule has 0 heteroatoms. The molecule has 0 amide bonds. The van der Waals surface area contributed by atoms with Crippen molar-refractivity contribution in [3.8, 4) is 0 Å². The molecule has 1 unspecified atom stereocenters. The molecule has 0 aromatic heterocycles. The molecule has 1 fully saturated rings. The molecule has 0 N–H and O–H groups in total. The van der Waals surface area contributed by atoms with Crippen molar-refractivity contribution in [1.82, 2.24) is 0 Å². The lowest BCUT2D eigenvalue weighted by atomic mass is 9.56. The molecule has 0 saturated heterocycles. The fraction of sp³-hybridized carbons (Fsp3) is 1.00. The fourth-order valence-corrected chi connectivity index (χ4v) is 3.33. The Kier molecular flexibility index (Phi) is 3.90. The molecule has 0 heterocycles. The quantitative estimate of drug-likeness (QED) is 0.582. The van der Waals surface area contributed by atoms with Crippen LogP contribution in [0.4, 0.5) is 0 Å². The normalized spacial score (nSPS) is 32.4. The van der Waals surface area contributed by atoms with E-state index in [1.165, 1.54) is 32.1 Å². The summed E-state index contributed by atoms with van der Waals surface area (Å²) in [7, 11) is 0. The molecule has 0 radical (unpaired) electrons. The molecule has 1 saturated carbocycles. The second kappa shape index (κ2) is 4.47. The first-order valence-corrected chi connectivity index (χ1v) is 6.81. The van der Waals surface area contributed by atoms with E-state index in [9.17, 15) is 0 Å². The summed E-state index contributed by atoms with van der Waals surface area (Å²) >= 11 is 0. The lowest BCUT2D eigenvalue weighted by Crippen LogP contribution is -2.40. The van der Waals surface area contributed by atoms with Gasteiger partial charge in [0.1, 0.15) is 0 Å². The van der Waals surface area contributed by atoms with Gasteiger partial charge in [-0.25, -0.2) is 0 Å². The lowest BCUT2D eigenvalue weighted by molar-refractivity contribution is 0.00337. The van der Waals surface area contributed by atoms with Crippen molar-refractivity contribution in [3.05, 3.63) is 0 Å². The van der Waals surface area contributed by atoms with Gasteiger partial charge in [-0.15, -0.1) is 0 Å². The molecule has 0 spiro atoms. The van der Waals surface area contributed by atoms with Gasteiger partial charge in [-0.05, 0) is 41.9 Å². The Bertz CT molecular complexity index is 191. The Labute approximate surface area is 96.8 Å². The van der Waals surface area contributed by atoms with Crippen LogP contribution in [-0.2, 0) is 0 Å². The van der Waals surface area contributed by atoms with E-state index in [1.807, 2.05) is 0 Å². The minimum Gasteiger partial charge on any atom is -0.0648 e. The van der Waals surface area contributed by atoms with Crippen molar-refractivity contribution in [2.24, 2.45) is 22.7 Å². The average Bonchev–Trinajstić information content (AvgIpc) is 2.16. The molecule has 0 aromatic carbocycles. The highest BCUT2D eigenvalue weighted by Crippen LogP contribution is 2.52.